The number of hydrogen-bond donors (Lipinski definition) is 1. The van der Waals surface area contributed by atoms with Gasteiger partial charge in [-0.1, -0.05) is 6.92 Å². The predicted molar refractivity (Wildman–Crippen MR) is 78.0 cm³/mol. The molecule has 1 saturated carbocycles. The molecule has 3 rings (SSSR count). The van der Waals surface area contributed by atoms with Gasteiger partial charge in [0.05, 0.1) is 6.61 Å². The molecule has 2 fully saturated rings. The SMILES string of the molecule is CCCNC(Cn1ccn(C2CC2)c1=O)C1CCOC1. The molecule has 5 heteroatoms. The second kappa shape index (κ2) is 6.14. The van der Waals surface area contributed by atoms with E-state index in [0.29, 0.717) is 18.0 Å². The highest BCUT2D eigenvalue weighted by Gasteiger charge is 2.28. The molecular formula is C15H25N3O2. The van der Waals surface area contributed by atoms with Crippen LogP contribution in [0.5, 0.6) is 0 Å². The number of imidazole rings is 1. The molecule has 5 nitrogen and oxygen atoms in total. The highest BCUT2D eigenvalue weighted by molar-refractivity contribution is 4.92. The minimum Gasteiger partial charge on any atom is -0.381 e. The van der Waals surface area contributed by atoms with Gasteiger partial charge in [0, 0.05) is 43.5 Å². The normalized spacial score (nSPS) is 24.1. The van der Waals surface area contributed by atoms with Crippen LogP contribution in [0.3, 0.4) is 0 Å². The van der Waals surface area contributed by atoms with Gasteiger partial charge in [-0.25, -0.2) is 4.79 Å². The van der Waals surface area contributed by atoms with Gasteiger partial charge >= 0.3 is 5.69 Å². The Morgan fingerprint density at radius 2 is 2.25 bits per heavy atom. The molecule has 1 aromatic rings. The van der Waals surface area contributed by atoms with E-state index in [1.54, 1.807) is 0 Å². The maximum absolute atomic E-state index is 12.3. The molecule has 2 heterocycles. The summed E-state index contributed by atoms with van der Waals surface area (Å²) in [7, 11) is 0. The summed E-state index contributed by atoms with van der Waals surface area (Å²) < 4.78 is 9.26. The largest absolute Gasteiger partial charge is 0.381 e. The van der Waals surface area contributed by atoms with Crippen LogP contribution in [0.1, 0.15) is 38.6 Å². The molecule has 0 bridgehead atoms. The van der Waals surface area contributed by atoms with Crippen molar-refractivity contribution in [1.29, 1.82) is 0 Å². The van der Waals surface area contributed by atoms with Crippen LogP contribution in [0.25, 0.3) is 0 Å². The topological polar surface area (TPSA) is 48.2 Å². The highest BCUT2D eigenvalue weighted by atomic mass is 16.5. The van der Waals surface area contributed by atoms with Gasteiger partial charge < -0.3 is 10.1 Å². The smallest absolute Gasteiger partial charge is 0.328 e. The third-order valence-corrected chi connectivity index (χ3v) is 4.40. The van der Waals surface area contributed by atoms with Crippen LogP contribution in [0, 0.1) is 5.92 Å². The second-order valence-corrected chi connectivity index (χ2v) is 6.06. The van der Waals surface area contributed by atoms with E-state index in [1.807, 2.05) is 21.5 Å². The summed E-state index contributed by atoms with van der Waals surface area (Å²) in [6.07, 6.45) is 8.40. The fourth-order valence-corrected chi connectivity index (χ4v) is 2.99. The Kier molecular flexibility index (Phi) is 4.27. The van der Waals surface area contributed by atoms with Crippen molar-refractivity contribution in [2.24, 2.45) is 5.92 Å². The lowest BCUT2D eigenvalue weighted by Gasteiger charge is -2.23. The number of nitrogens with zero attached hydrogens (tertiary/aromatic N) is 2. The number of nitrogens with one attached hydrogen (secondary N) is 1. The van der Waals surface area contributed by atoms with E-state index < -0.39 is 0 Å². The number of hydrogen-bond acceptors (Lipinski definition) is 3. The Morgan fingerprint density at radius 1 is 1.40 bits per heavy atom. The predicted octanol–water partition coefficient (Wildman–Crippen LogP) is 1.39. The minimum atomic E-state index is 0.148. The van der Waals surface area contributed by atoms with Crippen LogP contribution in [-0.2, 0) is 11.3 Å². The van der Waals surface area contributed by atoms with Crippen LogP contribution in [0.2, 0.25) is 0 Å². The van der Waals surface area contributed by atoms with Crippen molar-refractivity contribution in [2.45, 2.75) is 51.2 Å². The maximum atomic E-state index is 12.3. The van der Waals surface area contributed by atoms with Gasteiger partial charge in [-0.05, 0) is 32.2 Å². The van der Waals surface area contributed by atoms with Crippen molar-refractivity contribution in [2.75, 3.05) is 19.8 Å². The van der Waals surface area contributed by atoms with Gasteiger partial charge in [0.15, 0.2) is 0 Å². The van der Waals surface area contributed by atoms with Crippen molar-refractivity contribution in [1.82, 2.24) is 14.5 Å². The lowest BCUT2D eigenvalue weighted by Crippen LogP contribution is -2.42. The first-order valence-corrected chi connectivity index (χ1v) is 7.88. The standard InChI is InChI=1S/C15H25N3O2/c1-2-6-16-14(12-5-9-20-11-12)10-17-7-8-18(15(17)19)13-3-4-13/h7-8,12-14,16H,2-6,9-11H2,1H3. The maximum Gasteiger partial charge on any atom is 0.328 e. The highest BCUT2D eigenvalue weighted by Crippen LogP contribution is 2.33. The van der Waals surface area contributed by atoms with Gasteiger partial charge in [-0.15, -0.1) is 0 Å². The molecule has 1 aliphatic heterocycles. The average Bonchev–Trinajstić information content (AvgIpc) is 3.01. The van der Waals surface area contributed by atoms with E-state index in [9.17, 15) is 4.79 Å². The van der Waals surface area contributed by atoms with Crippen molar-refractivity contribution in [3.05, 3.63) is 22.9 Å². The number of rotatable bonds is 7. The van der Waals surface area contributed by atoms with Crippen molar-refractivity contribution >= 4 is 0 Å². The Labute approximate surface area is 119 Å². The van der Waals surface area contributed by atoms with Gasteiger partial charge in [0.2, 0.25) is 0 Å². The van der Waals surface area contributed by atoms with Crippen LogP contribution in [0.4, 0.5) is 0 Å². The van der Waals surface area contributed by atoms with E-state index in [2.05, 4.69) is 12.2 Å². The van der Waals surface area contributed by atoms with Crippen LogP contribution in [-0.4, -0.2) is 34.9 Å². The zero-order chi connectivity index (χ0) is 13.9. The quantitative estimate of drug-likeness (QED) is 0.820. The van der Waals surface area contributed by atoms with Crippen molar-refractivity contribution in [3.8, 4) is 0 Å². The summed E-state index contributed by atoms with van der Waals surface area (Å²) in [5.74, 6) is 0.526. The van der Waals surface area contributed by atoms with Gasteiger partial charge in [0.25, 0.3) is 0 Å². The molecule has 112 valence electrons. The summed E-state index contributed by atoms with van der Waals surface area (Å²) in [6.45, 7) is 5.60. The fraction of sp³-hybridized carbons (Fsp3) is 0.800. The molecule has 0 spiro atoms. The minimum absolute atomic E-state index is 0.148. The molecule has 2 unspecified atom stereocenters. The third-order valence-electron chi connectivity index (χ3n) is 4.40. The first-order chi connectivity index (χ1) is 9.79. The van der Waals surface area contributed by atoms with E-state index in [4.69, 9.17) is 4.74 Å². The molecule has 1 aliphatic carbocycles. The molecule has 1 saturated heterocycles. The Balaban J connectivity index is 1.69. The molecule has 0 aromatic carbocycles. The molecule has 0 amide bonds. The first-order valence-electron chi connectivity index (χ1n) is 7.88. The summed E-state index contributed by atoms with van der Waals surface area (Å²) in [5, 5.41) is 3.59. The molecule has 0 radical (unpaired) electrons. The third kappa shape index (κ3) is 2.99. The second-order valence-electron chi connectivity index (χ2n) is 6.06. The number of aromatic nitrogens is 2. The average molecular weight is 279 g/mol. The molecular weight excluding hydrogens is 254 g/mol. The van der Waals surface area contributed by atoms with Crippen molar-refractivity contribution in [3.63, 3.8) is 0 Å². The Hall–Kier alpha value is -1.07. The van der Waals surface area contributed by atoms with Crippen molar-refractivity contribution < 1.29 is 4.74 Å². The monoisotopic (exact) mass is 279 g/mol. The van der Waals surface area contributed by atoms with Crippen LogP contribution >= 0.6 is 0 Å². The van der Waals surface area contributed by atoms with E-state index in [1.165, 1.54) is 0 Å². The molecule has 2 aliphatic rings. The van der Waals surface area contributed by atoms with Gasteiger partial charge in [0.1, 0.15) is 0 Å². The summed E-state index contributed by atoms with van der Waals surface area (Å²) in [6, 6.07) is 0.797. The van der Waals surface area contributed by atoms with E-state index >= 15 is 0 Å². The lowest BCUT2D eigenvalue weighted by atomic mass is 9.99. The summed E-state index contributed by atoms with van der Waals surface area (Å²) >= 11 is 0. The van der Waals surface area contributed by atoms with Crippen LogP contribution in [0.15, 0.2) is 17.2 Å². The summed E-state index contributed by atoms with van der Waals surface area (Å²) in [5.41, 5.74) is 0.148. The number of ether oxygens (including phenoxy) is 1. The fourth-order valence-electron chi connectivity index (χ4n) is 2.99. The summed E-state index contributed by atoms with van der Waals surface area (Å²) in [4.78, 5) is 12.3. The molecule has 20 heavy (non-hydrogen) atoms. The van der Waals surface area contributed by atoms with Gasteiger partial charge in [-0.3, -0.25) is 9.13 Å². The van der Waals surface area contributed by atoms with Crippen LogP contribution < -0.4 is 11.0 Å². The van der Waals surface area contributed by atoms with E-state index in [-0.39, 0.29) is 5.69 Å². The zero-order valence-corrected chi connectivity index (χ0v) is 12.3. The Bertz CT molecular complexity index is 484. The van der Waals surface area contributed by atoms with E-state index in [0.717, 1.165) is 52.0 Å². The zero-order valence-electron chi connectivity index (χ0n) is 12.3. The molecule has 1 N–H and O–H groups in total. The first kappa shape index (κ1) is 13.9. The molecule has 2 atom stereocenters. The Morgan fingerprint density at radius 3 is 2.90 bits per heavy atom. The van der Waals surface area contributed by atoms with Gasteiger partial charge in [-0.2, -0.15) is 0 Å². The lowest BCUT2D eigenvalue weighted by molar-refractivity contribution is 0.173. The molecule has 1 aromatic heterocycles.